The first-order valence-electron chi connectivity index (χ1n) is 7.26. The summed E-state index contributed by atoms with van der Waals surface area (Å²) in [5, 5.41) is 10.4. The zero-order chi connectivity index (χ0) is 15.4. The molecule has 0 spiro atoms. The van der Waals surface area contributed by atoms with Gasteiger partial charge < -0.3 is 9.73 Å². The number of H-pyrrole nitrogens is 1. The predicted octanol–water partition coefficient (Wildman–Crippen LogP) is 3.45. The van der Waals surface area contributed by atoms with Crippen molar-refractivity contribution in [3.63, 3.8) is 0 Å². The maximum atomic E-state index is 12.8. The molecule has 114 valence electrons. The molecule has 0 unspecified atom stereocenters. The van der Waals surface area contributed by atoms with Gasteiger partial charge in [-0.25, -0.2) is 4.39 Å². The van der Waals surface area contributed by atoms with Gasteiger partial charge in [-0.05, 0) is 49.7 Å². The zero-order valence-electron chi connectivity index (χ0n) is 12.4. The minimum absolute atomic E-state index is 0.200. The van der Waals surface area contributed by atoms with Crippen molar-refractivity contribution in [2.45, 2.75) is 19.9 Å². The van der Waals surface area contributed by atoms with Crippen molar-refractivity contribution in [1.29, 1.82) is 0 Å². The first-order chi connectivity index (χ1) is 10.7. The molecule has 3 rings (SSSR count). The molecule has 22 heavy (non-hydrogen) atoms. The third kappa shape index (κ3) is 3.43. The average Bonchev–Trinajstić information content (AvgIpc) is 3.14. The summed E-state index contributed by atoms with van der Waals surface area (Å²) in [6.07, 6.45) is 2.66. The van der Waals surface area contributed by atoms with Crippen LogP contribution in [0.2, 0.25) is 0 Å². The molecule has 0 amide bonds. The summed E-state index contributed by atoms with van der Waals surface area (Å²) in [4.78, 5) is 0. The van der Waals surface area contributed by atoms with Crippen LogP contribution in [0.15, 0.2) is 47.0 Å². The van der Waals surface area contributed by atoms with E-state index < -0.39 is 0 Å². The average molecular weight is 299 g/mol. The van der Waals surface area contributed by atoms with E-state index in [9.17, 15) is 4.39 Å². The fraction of sp³-hybridized carbons (Fsp3) is 0.235. The fourth-order valence-electron chi connectivity index (χ4n) is 2.33. The molecule has 0 aliphatic rings. The highest BCUT2D eigenvalue weighted by molar-refractivity contribution is 5.56. The Balaban J connectivity index is 1.54. The van der Waals surface area contributed by atoms with Gasteiger partial charge in [0.05, 0.1) is 6.20 Å². The van der Waals surface area contributed by atoms with Crippen molar-refractivity contribution in [1.82, 2.24) is 15.5 Å². The van der Waals surface area contributed by atoms with Gasteiger partial charge in [0.1, 0.15) is 17.3 Å². The first kappa shape index (κ1) is 14.5. The molecule has 0 aliphatic carbocycles. The second kappa shape index (κ2) is 6.58. The number of aromatic amines is 1. The van der Waals surface area contributed by atoms with Gasteiger partial charge in [-0.2, -0.15) is 5.10 Å². The Morgan fingerprint density at radius 1 is 1.18 bits per heavy atom. The van der Waals surface area contributed by atoms with Crippen molar-refractivity contribution < 1.29 is 8.81 Å². The molecule has 0 saturated carbocycles. The standard InChI is InChI=1S/C17H18FN3O/c1-12-2-7-16(22-12)17-14(11-20-21-17)10-19-9-8-13-3-5-15(18)6-4-13/h2-7,11,19H,8-10H2,1H3,(H,20,21). The SMILES string of the molecule is Cc1ccc(-c2[nH]ncc2CNCCc2ccc(F)cc2)o1. The number of nitrogens with zero attached hydrogens (tertiary/aromatic N) is 1. The van der Waals surface area contributed by atoms with Crippen molar-refractivity contribution in [2.75, 3.05) is 6.54 Å². The lowest BCUT2D eigenvalue weighted by Gasteiger charge is -2.05. The van der Waals surface area contributed by atoms with Gasteiger partial charge >= 0.3 is 0 Å². The van der Waals surface area contributed by atoms with E-state index in [-0.39, 0.29) is 5.82 Å². The van der Waals surface area contributed by atoms with E-state index >= 15 is 0 Å². The van der Waals surface area contributed by atoms with Gasteiger partial charge in [0, 0.05) is 12.1 Å². The van der Waals surface area contributed by atoms with Gasteiger partial charge in [0.15, 0.2) is 5.76 Å². The van der Waals surface area contributed by atoms with Crippen LogP contribution in [0, 0.1) is 12.7 Å². The number of aromatic nitrogens is 2. The van der Waals surface area contributed by atoms with Crippen molar-refractivity contribution in [3.05, 3.63) is 65.3 Å². The first-order valence-corrected chi connectivity index (χ1v) is 7.26. The monoisotopic (exact) mass is 299 g/mol. The van der Waals surface area contributed by atoms with E-state index in [4.69, 9.17) is 4.42 Å². The lowest BCUT2D eigenvalue weighted by atomic mass is 10.1. The molecule has 0 aliphatic heterocycles. The third-order valence-corrected chi connectivity index (χ3v) is 3.52. The molecule has 0 radical (unpaired) electrons. The second-order valence-corrected chi connectivity index (χ2v) is 5.23. The number of rotatable bonds is 6. The maximum Gasteiger partial charge on any atom is 0.152 e. The van der Waals surface area contributed by atoms with Crippen molar-refractivity contribution >= 4 is 0 Å². The normalized spacial score (nSPS) is 11.0. The molecule has 0 atom stereocenters. The molecular formula is C17H18FN3O. The Morgan fingerprint density at radius 3 is 2.73 bits per heavy atom. The minimum Gasteiger partial charge on any atom is -0.460 e. The van der Waals surface area contributed by atoms with Crippen LogP contribution in [0.25, 0.3) is 11.5 Å². The van der Waals surface area contributed by atoms with Gasteiger partial charge in [-0.15, -0.1) is 0 Å². The van der Waals surface area contributed by atoms with Gasteiger partial charge in [-0.3, -0.25) is 5.10 Å². The van der Waals surface area contributed by atoms with Gasteiger partial charge in [-0.1, -0.05) is 12.1 Å². The van der Waals surface area contributed by atoms with Crippen LogP contribution in [0.5, 0.6) is 0 Å². The quantitative estimate of drug-likeness (QED) is 0.685. The maximum absolute atomic E-state index is 12.8. The highest BCUT2D eigenvalue weighted by atomic mass is 19.1. The van der Waals surface area contributed by atoms with E-state index in [1.807, 2.05) is 31.2 Å². The number of halogens is 1. The highest BCUT2D eigenvalue weighted by Crippen LogP contribution is 2.23. The summed E-state index contributed by atoms with van der Waals surface area (Å²) in [5.74, 6) is 1.47. The summed E-state index contributed by atoms with van der Waals surface area (Å²) in [6.45, 7) is 3.43. The molecule has 3 aromatic rings. The second-order valence-electron chi connectivity index (χ2n) is 5.23. The van der Waals surface area contributed by atoms with E-state index in [0.717, 1.165) is 41.3 Å². The predicted molar refractivity (Wildman–Crippen MR) is 82.8 cm³/mol. The number of nitrogens with one attached hydrogen (secondary N) is 2. The van der Waals surface area contributed by atoms with E-state index in [1.165, 1.54) is 12.1 Å². The molecule has 0 saturated heterocycles. The van der Waals surface area contributed by atoms with Crippen LogP contribution < -0.4 is 5.32 Å². The van der Waals surface area contributed by atoms with E-state index in [1.54, 1.807) is 6.20 Å². The summed E-state index contributed by atoms with van der Waals surface area (Å²) in [7, 11) is 0. The highest BCUT2D eigenvalue weighted by Gasteiger charge is 2.10. The smallest absolute Gasteiger partial charge is 0.152 e. The van der Waals surface area contributed by atoms with E-state index in [2.05, 4.69) is 15.5 Å². The van der Waals surface area contributed by atoms with Crippen LogP contribution in [0.4, 0.5) is 4.39 Å². The fourth-order valence-corrected chi connectivity index (χ4v) is 2.33. The molecule has 0 fully saturated rings. The van der Waals surface area contributed by atoms with Crippen LogP contribution >= 0.6 is 0 Å². The number of hydrogen-bond acceptors (Lipinski definition) is 3. The molecule has 2 N–H and O–H groups in total. The number of benzene rings is 1. The van der Waals surface area contributed by atoms with Crippen LogP contribution in [-0.2, 0) is 13.0 Å². The Labute approximate surface area is 128 Å². The third-order valence-electron chi connectivity index (χ3n) is 3.52. The lowest BCUT2D eigenvalue weighted by molar-refractivity contribution is 0.545. The molecule has 5 heteroatoms. The van der Waals surface area contributed by atoms with Crippen LogP contribution in [0.1, 0.15) is 16.9 Å². The largest absolute Gasteiger partial charge is 0.460 e. The molecular weight excluding hydrogens is 281 g/mol. The summed E-state index contributed by atoms with van der Waals surface area (Å²) < 4.78 is 18.5. The summed E-state index contributed by atoms with van der Waals surface area (Å²) in [5.41, 5.74) is 3.08. The lowest BCUT2D eigenvalue weighted by Crippen LogP contribution is -2.16. The topological polar surface area (TPSA) is 53.9 Å². The molecule has 1 aromatic carbocycles. The molecule has 4 nitrogen and oxygen atoms in total. The van der Waals surface area contributed by atoms with E-state index in [0.29, 0.717) is 6.54 Å². The zero-order valence-corrected chi connectivity index (χ0v) is 12.4. The Morgan fingerprint density at radius 2 is 2.00 bits per heavy atom. The van der Waals surface area contributed by atoms with Crippen molar-refractivity contribution in [3.8, 4) is 11.5 Å². The van der Waals surface area contributed by atoms with Crippen LogP contribution in [0.3, 0.4) is 0 Å². The Kier molecular flexibility index (Phi) is 4.34. The molecule has 0 bridgehead atoms. The molecule has 2 heterocycles. The Hall–Kier alpha value is -2.40. The van der Waals surface area contributed by atoms with Gasteiger partial charge in [0.25, 0.3) is 0 Å². The van der Waals surface area contributed by atoms with Crippen LogP contribution in [-0.4, -0.2) is 16.7 Å². The summed E-state index contributed by atoms with van der Waals surface area (Å²) in [6, 6.07) is 10.5. The minimum atomic E-state index is -0.200. The van der Waals surface area contributed by atoms with Gasteiger partial charge in [0.2, 0.25) is 0 Å². The number of hydrogen-bond donors (Lipinski definition) is 2. The molecule has 2 aromatic heterocycles. The summed E-state index contributed by atoms with van der Waals surface area (Å²) >= 11 is 0. The van der Waals surface area contributed by atoms with Crippen molar-refractivity contribution in [2.24, 2.45) is 0 Å². The number of aryl methyl sites for hydroxylation is 1. The number of furan rings is 1. The Bertz CT molecular complexity index is 730.